The Hall–Kier alpha value is -1.57. The molecule has 0 aromatic carbocycles. The molecule has 3 amide bonds. The molecule has 1 aliphatic heterocycles. The highest BCUT2D eigenvalue weighted by Gasteiger charge is 2.53. The van der Waals surface area contributed by atoms with Crippen LogP contribution in [-0.2, 0) is 4.79 Å². The predicted molar refractivity (Wildman–Crippen MR) is 60.8 cm³/mol. The van der Waals surface area contributed by atoms with Gasteiger partial charge in [0.25, 0.3) is 5.91 Å². The monoisotopic (exact) mass is 235 g/mol. The molecule has 5 nitrogen and oxygen atoms in total. The second kappa shape index (κ2) is 3.73. The molecule has 5 heteroatoms. The molecule has 2 rings (SSSR count). The van der Waals surface area contributed by atoms with Crippen LogP contribution in [0.1, 0.15) is 39.5 Å². The van der Waals surface area contributed by atoms with Crippen molar-refractivity contribution < 1.29 is 9.59 Å². The third-order valence-electron chi connectivity index (χ3n) is 4.14. The van der Waals surface area contributed by atoms with E-state index in [1.807, 2.05) is 6.92 Å². The van der Waals surface area contributed by atoms with E-state index in [4.69, 9.17) is 5.26 Å². The van der Waals surface area contributed by atoms with Gasteiger partial charge in [-0.05, 0) is 26.2 Å². The summed E-state index contributed by atoms with van der Waals surface area (Å²) in [5.41, 5.74) is -0.810. The standard InChI is InChI=1S/C12H17N3O2/c1-3-11(2)9(16)14-10(17)15(11)8-12(4-5-12)6-7-13/h3-6,8H2,1-2H3,(H,14,16,17). The molecule has 0 aromatic heterocycles. The lowest BCUT2D eigenvalue weighted by molar-refractivity contribution is -0.126. The number of nitrogens with zero attached hydrogens (tertiary/aromatic N) is 2. The molecular weight excluding hydrogens is 218 g/mol. The molecular formula is C12H17N3O2. The van der Waals surface area contributed by atoms with Crippen LogP contribution in [-0.4, -0.2) is 28.9 Å². The summed E-state index contributed by atoms with van der Waals surface area (Å²) < 4.78 is 0. The molecule has 0 aromatic rings. The van der Waals surface area contributed by atoms with E-state index in [1.165, 1.54) is 0 Å². The summed E-state index contributed by atoms with van der Waals surface area (Å²) in [6.45, 7) is 4.20. The van der Waals surface area contributed by atoms with Gasteiger partial charge in [-0.2, -0.15) is 5.26 Å². The Bertz CT molecular complexity index is 408. The second-order valence-electron chi connectivity index (χ2n) is 5.31. The van der Waals surface area contributed by atoms with Gasteiger partial charge in [0.1, 0.15) is 5.54 Å². The number of amides is 3. The van der Waals surface area contributed by atoms with Crippen LogP contribution in [0.5, 0.6) is 0 Å². The van der Waals surface area contributed by atoms with Crippen molar-refractivity contribution in [1.29, 1.82) is 5.26 Å². The van der Waals surface area contributed by atoms with E-state index in [0.717, 1.165) is 12.8 Å². The molecule has 1 unspecified atom stereocenters. The van der Waals surface area contributed by atoms with Crippen LogP contribution < -0.4 is 5.32 Å². The van der Waals surface area contributed by atoms with Gasteiger partial charge in [-0.25, -0.2) is 4.79 Å². The van der Waals surface area contributed by atoms with Crippen molar-refractivity contribution in [2.45, 2.75) is 45.1 Å². The quantitative estimate of drug-likeness (QED) is 0.748. The molecule has 2 fully saturated rings. The van der Waals surface area contributed by atoms with Crippen molar-refractivity contribution in [3.8, 4) is 6.07 Å². The maximum atomic E-state index is 11.8. The summed E-state index contributed by atoms with van der Waals surface area (Å²) in [4.78, 5) is 25.2. The summed E-state index contributed by atoms with van der Waals surface area (Å²) in [5.74, 6) is -0.224. The molecule has 2 aliphatic rings. The van der Waals surface area contributed by atoms with E-state index in [1.54, 1.807) is 11.8 Å². The molecule has 0 radical (unpaired) electrons. The molecule has 0 spiro atoms. The van der Waals surface area contributed by atoms with Crippen molar-refractivity contribution in [3.63, 3.8) is 0 Å². The SMILES string of the molecule is CCC1(C)C(=O)NC(=O)N1CC1(CC#N)CC1. The average Bonchev–Trinajstić information content (AvgIpc) is 3.01. The lowest BCUT2D eigenvalue weighted by Crippen LogP contribution is -2.48. The summed E-state index contributed by atoms with van der Waals surface area (Å²) >= 11 is 0. The number of hydrogen-bond acceptors (Lipinski definition) is 3. The van der Waals surface area contributed by atoms with E-state index in [2.05, 4.69) is 11.4 Å². The highest BCUT2D eigenvalue weighted by atomic mass is 16.2. The van der Waals surface area contributed by atoms with Gasteiger partial charge < -0.3 is 4.90 Å². The fourth-order valence-electron chi connectivity index (χ4n) is 2.31. The zero-order valence-electron chi connectivity index (χ0n) is 10.2. The van der Waals surface area contributed by atoms with Crippen LogP contribution in [0, 0.1) is 16.7 Å². The lowest BCUT2D eigenvalue weighted by Gasteiger charge is -2.33. The molecule has 1 saturated heterocycles. The highest BCUT2D eigenvalue weighted by Crippen LogP contribution is 2.50. The first-order valence-electron chi connectivity index (χ1n) is 5.97. The van der Waals surface area contributed by atoms with E-state index >= 15 is 0 Å². The van der Waals surface area contributed by atoms with Crippen LogP contribution in [0.25, 0.3) is 0 Å². The predicted octanol–water partition coefficient (Wildman–Crippen LogP) is 1.40. The van der Waals surface area contributed by atoms with Crippen LogP contribution >= 0.6 is 0 Å². The van der Waals surface area contributed by atoms with Crippen molar-refractivity contribution in [2.75, 3.05) is 6.54 Å². The minimum Gasteiger partial charge on any atom is -0.309 e. The highest BCUT2D eigenvalue weighted by molar-refractivity contribution is 6.06. The number of rotatable bonds is 4. The van der Waals surface area contributed by atoms with E-state index in [0.29, 0.717) is 19.4 Å². The topological polar surface area (TPSA) is 73.2 Å². The summed E-state index contributed by atoms with van der Waals surface area (Å²) in [7, 11) is 0. The Labute approximate surface area is 101 Å². The van der Waals surface area contributed by atoms with Gasteiger partial charge in [0.15, 0.2) is 0 Å². The van der Waals surface area contributed by atoms with Crippen LogP contribution in [0.4, 0.5) is 4.79 Å². The van der Waals surface area contributed by atoms with Crippen molar-refractivity contribution in [2.24, 2.45) is 5.41 Å². The van der Waals surface area contributed by atoms with E-state index < -0.39 is 5.54 Å². The Morgan fingerprint density at radius 1 is 1.47 bits per heavy atom. The van der Waals surface area contributed by atoms with Gasteiger partial charge in [-0.15, -0.1) is 0 Å². The molecule has 0 bridgehead atoms. The number of hydrogen-bond donors (Lipinski definition) is 1. The van der Waals surface area contributed by atoms with Crippen molar-refractivity contribution >= 4 is 11.9 Å². The third-order valence-corrected chi connectivity index (χ3v) is 4.14. The van der Waals surface area contributed by atoms with Gasteiger partial charge in [0.05, 0.1) is 6.07 Å². The molecule has 92 valence electrons. The number of carbonyl (C=O) groups excluding carboxylic acids is 2. The van der Waals surface area contributed by atoms with Crippen LogP contribution in [0.2, 0.25) is 0 Å². The first-order chi connectivity index (χ1) is 7.97. The Balaban J connectivity index is 2.17. The first kappa shape index (κ1) is 11.9. The molecule has 1 saturated carbocycles. The van der Waals surface area contributed by atoms with Gasteiger partial charge >= 0.3 is 6.03 Å². The van der Waals surface area contributed by atoms with Gasteiger partial charge in [0, 0.05) is 18.4 Å². The molecule has 1 heterocycles. The maximum absolute atomic E-state index is 11.8. The Morgan fingerprint density at radius 3 is 2.59 bits per heavy atom. The lowest BCUT2D eigenvalue weighted by atomic mass is 9.94. The first-order valence-corrected chi connectivity index (χ1v) is 5.97. The molecule has 1 N–H and O–H groups in total. The third kappa shape index (κ3) is 1.78. The fraction of sp³-hybridized carbons (Fsp3) is 0.750. The maximum Gasteiger partial charge on any atom is 0.325 e. The molecule has 1 atom stereocenters. The summed E-state index contributed by atoms with van der Waals surface area (Å²) in [6.07, 6.45) is 2.99. The smallest absolute Gasteiger partial charge is 0.309 e. The van der Waals surface area contributed by atoms with E-state index in [-0.39, 0.29) is 17.4 Å². The Kier molecular flexibility index (Phi) is 2.61. The zero-order valence-corrected chi connectivity index (χ0v) is 10.2. The summed E-state index contributed by atoms with van der Waals surface area (Å²) in [6, 6.07) is 1.86. The number of nitriles is 1. The molecule has 17 heavy (non-hydrogen) atoms. The van der Waals surface area contributed by atoms with Crippen molar-refractivity contribution in [3.05, 3.63) is 0 Å². The average molecular weight is 235 g/mol. The van der Waals surface area contributed by atoms with Crippen LogP contribution in [0.3, 0.4) is 0 Å². The number of carbonyl (C=O) groups is 2. The number of urea groups is 1. The summed E-state index contributed by atoms with van der Waals surface area (Å²) in [5, 5.41) is 11.2. The molecule has 1 aliphatic carbocycles. The largest absolute Gasteiger partial charge is 0.325 e. The number of imide groups is 1. The van der Waals surface area contributed by atoms with Gasteiger partial charge in [0.2, 0.25) is 0 Å². The zero-order chi connectivity index (χ0) is 12.7. The number of nitrogens with one attached hydrogen (secondary N) is 1. The van der Waals surface area contributed by atoms with Gasteiger partial charge in [-0.1, -0.05) is 6.92 Å². The fourth-order valence-corrected chi connectivity index (χ4v) is 2.31. The Morgan fingerprint density at radius 2 is 2.12 bits per heavy atom. The van der Waals surface area contributed by atoms with Crippen LogP contribution in [0.15, 0.2) is 0 Å². The van der Waals surface area contributed by atoms with E-state index in [9.17, 15) is 9.59 Å². The van der Waals surface area contributed by atoms with Gasteiger partial charge in [-0.3, -0.25) is 10.1 Å². The minimum absolute atomic E-state index is 0.0624. The van der Waals surface area contributed by atoms with Crippen molar-refractivity contribution in [1.82, 2.24) is 10.2 Å². The normalized spacial score (nSPS) is 30.1. The second-order valence-corrected chi connectivity index (χ2v) is 5.31. The minimum atomic E-state index is -0.748.